The van der Waals surface area contributed by atoms with Crippen molar-refractivity contribution in [2.75, 3.05) is 5.32 Å². The van der Waals surface area contributed by atoms with Gasteiger partial charge in [0.15, 0.2) is 5.82 Å². The Hall–Kier alpha value is -4.03. The molecule has 0 saturated carbocycles. The fourth-order valence-corrected chi connectivity index (χ4v) is 4.14. The summed E-state index contributed by atoms with van der Waals surface area (Å²) in [5.41, 5.74) is 5.88. The van der Waals surface area contributed by atoms with Crippen LogP contribution in [0.4, 0.5) is 21.7 Å². The molecule has 0 unspecified atom stereocenters. The fourth-order valence-electron chi connectivity index (χ4n) is 3.88. The second kappa shape index (κ2) is 9.08. The minimum Gasteiger partial charge on any atom is -0.341 e. The lowest BCUT2D eigenvalue weighted by molar-refractivity contribution is 0.631. The molecule has 0 fully saturated rings. The van der Waals surface area contributed by atoms with Gasteiger partial charge in [-0.2, -0.15) is 0 Å². The van der Waals surface area contributed by atoms with E-state index in [4.69, 9.17) is 21.6 Å². The highest BCUT2D eigenvalue weighted by Crippen LogP contribution is 2.33. The first kappa shape index (κ1) is 21.8. The smallest absolute Gasteiger partial charge is 0.180 e. The molecule has 0 atom stereocenters. The molecule has 2 aromatic heterocycles. The number of hydrogen-bond acceptors (Lipinski definition) is 4. The Kier molecular flexibility index (Phi) is 5.82. The first-order valence-electron chi connectivity index (χ1n) is 10.8. The molecule has 0 aliphatic carbocycles. The van der Waals surface area contributed by atoms with Crippen LogP contribution in [0.1, 0.15) is 22.3 Å². The minimum atomic E-state index is -0.451. The van der Waals surface area contributed by atoms with Crippen LogP contribution in [-0.4, -0.2) is 20.7 Å². The molecule has 5 nitrogen and oxygen atoms in total. The number of benzene rings is 3. The number of nitrogens with zero attached hydrogens (tertiary/aromatic N) is 3. The zero-order valence-corrected chi connectivity index (χ0v) is 19.4. The molecule has 0 aliphatic heterocycles. The molecular weight excluding hydrogens is 449 g/mol. The lowest BCUT2D eigenvalue weighted by Gasteiger charge is -2.14. The van der Waals surface area contributed by atoms with Crippen molar-refractivity contribution in [3.8, 4) is 0 Å². The van der Waals surface area contributed by atoms with E-state index < -0.39 is 5.82 Å². The second-order valence-electron chi connectivity index (χ2n) is 7.93. The molecule has 3 aromatic carbocycles. The van der Waals surface area contributed by atoms with Crippen molar-refractivity contribution in [3.63, 3.8) is 0 Å². The van der Waals surface area contributed by atoms with E-state index in [2.05, 4.69) is 15.3 Å². The number of aromatic amines is 1. The topological polar surface area (TPSA) is 66.0 Å². The first-order valence-corrected chi connectivity index (χ1v) is 11.1. The number of rotatable bonds is 5. The molecule has 34 heavy (non-hydrogen) atoms. The van der Waals surface area contributed by atoms with Crippen LogP contribution in [0, 0.1) is 19.7 Å². The van der Waals surface area contributed by atoms with E-state index in [1.807, 2.05) is 67.6 Å². The van der Waals surface area contributed by atoms with Crippen molar-refractivity contribution in [3.05, 3.63) is 112 Å². The van der Waals surface area contributed by atoms with Crippen LogP contribution in [0.5, 0.6) is 0 Å². The van der Waals surface area contributed by atoms with Gasteiger partial charge in [-0.25, -0.2) is 19.4 Å². The van der Waals surface area contributed by atoms with E-state index in [0.717, 1.165) is 22.4 Å². The summed E-state index contributed by atoms with van der Waals surface area (Å²) in [6, 6.07) is 22.9. The summed E-state index contributed by atoms with van der Waals surface area (Å²) in [6.45, 7) is 3.69. The molecule has 0 amide bonds. The first-order chi connectivity index (χ1) is 16.5. The molecule has 0 radical (unpaired) electrons. The Morgan fingerprint density at radius 1 is 0.971 bits per heavy atom. The lowest BCUT2D eigenvalue weighted by Crippen LogP contribution is -2.05. The predicted molar refractivity (Wildman–Crippen MR) is 136 cm³/mol. The SMILES string of the molecule is Cc1cc(Cl)cc(F)c1Nc1nc(N=C(c2ccccc2)c2ccccc2)c2[nH]cnc2c1C. The maximum Gasteiger partial charge on any atom is 0.180 e. The minimum absolute atomic E-state index is 0.316. The predicted octanol–water partition coefficient (Wildman–Crippen LogP) is 7.28. The monoisotopic (exact) mass is 469 g/mol. The van der Waals surface area contributed by atoms with E-state index in [1.165, 1.54) is 6.07 Å². The van der Waals surface area contributed by atoms with Gasteiger partial charge in [0.25, 0.3) is 0 Å². The number of hydrogen-bond donors (Lipinski definition) is 2. The number of fused-ring (bicyclic) bond motifs is 1. The number of anilines is 2. The van der Waals surface area contributed by atoms with Gasteiger partial charge in [0.2, 0.25) is 0 Å². The van der Waals surface area contributed by atoms with Gasteiger partial charge in [0.05, 0.1) is 23.2 Å². The molecular formula is C27H21ClFN5. The molecule has 168 valence electrons. The zero-order chi connectivity index (χ0) is 23.7. The summed E-state index contributed by atoms with van der Waals surface area (Å²) in [6.07, 6.45) is 1.61. The third kappa shape index (κ3) is 4.16. The molecule has 2 N–H and O–H groups in total. The van der Waals surface area contributed by atoms with Crippen LogP contribution in [0.3, 0.4) is 0 Å². The van der Waals surface area contributed by atoms with Crippen molar-refractivity contribution < 1.29 is 4.39 Å². The number of halogens is 2. The fraction of sp³-hybridized carbons (Fsp3) is 0.0741. The van der Waals surface area contributed by atoms with Crippen LogP contribution in [0.2, 0.25) is 5.02 Å². The summed E-state index contributed by atoms with van der Waals surface area (Å²) in [5.74, 6) is 0.478. The van der Waals surface area contributed by atoms with Gasteiger partial charge >= 0.3 is 0 Å². The Balaban J connectivity index is 1.70. The van der Waals surface area contributed by atoms with E-state index in [9.17, 15) is 4.39 Å². The van der Waals surface area contributed by atoms with Crippen molar-refractivity contribution in [2.24, 2.45) is 4.99 Å². The largest absolute Gasteiger partial charge is 0.341 e. The summed E-state index contributed by atoms with van der Waals surface area (Å²) < 4.78 is 14.7. The highest BCUT2D eigenvalue weighted by Gasteiger charge is 2.17. The molecule has 0 aliphatic rings. The van der Waals surface area contributed by atoms with E-state index >= 15 is 0 Å². The molecule has 7 heteroatoms. The van der Waals surface area contributed by atoms with Crippen LogP contribution in [0.15, 0.2) is 84.1 Å². The average molecular weight is 470 g/mol. The van der Waals surface area contributed by atoms with Gasteiger partial charge in [-0.15, -0.1) is 0 Å². The van der Waals surface area contributed by atoms with Crippen molar-refractivity contribution in [1.29, 1.82) is 0 Å². The summed E-state index contributed by atoms with van der Waals surface area (Å²) in [5, 5.41) is 3.48. The summed E-state index contributed by atoms with van der Waals surface area (Å²) in [7, 11) is 0. The van der Waals surface area contributed by atoms with E-state index in [0.29, 0.717) is 38.9 Å². The van der Waals surface area contributed by atoms with Gasteiger partial charge in [-0.05, 0) is 31.5 Å². The molecule has 5 aromatic rings. The maximum atomic E-state index is 14.7. The van der Waals surface area contributed by atoms with Crippen molar-refractivity contribution in [2.45, 2.75) is 13.8 Å². The third-order valence-electron chi connectivity index (χ3n) is 5.60. The number of aromatic nitrogens is 3. The number of aryl methyl sites for hydroxylation is 2. The second-order valence-corrected chi connectivity index (χ2v) is 8.37. The Morgan fingerprint density at radius 3 is 2.24 bits per heavy atom. The average Bonchev–Trinajstić information content (AvgIpc) is 3.34. The number of imidazole rings is 1. The Morgan fingerprint density at radius 2 is 1.62 bits per heavy atom. The van der Waals surface area contributed by atoms with Gasteiger partial charge in [0, 0.05) is 21.7 Å². The number of H-pyrrole nitrogens is 1. The highest BCUT2D eigenvalue weighted by molar-refractivity contribution is 6.30. The summed E-state index contributed by atoms with van der Waals surface area (Å²) in [4.78, 5) is 17.4. The van der Waals surface area contributed by atoms with Crippen molar-refractivity contribution >= 4 is 45.7 Å². The zero-order valence-electron chi connectivity index (χ0n) is 18.6. The normalized spacial score (nSPS) is 10.9. The lowest BCUT2D eigenvalue weighted by atomic mass is 10.0. The van der Waals surface area contributed by atoms with Crippen LogP contribution in [0.25, 0.3) is 11.0 Å². The molecule has 0 spiro atoms. The van der Waals surface area contributed by atoms with E-state index in [1.54, 1.807) is 19.3 Å². The van der Waals surface area contributed by atoms with Gasteiger partial charge in [-0.3, -0.25) is 0 Å². The Bertz CT molecular complexity index is 1450. The van der Waals surface area contributed by atoms with Gasteiger partial charge in [0.1, 0.15) is 17.2 Å². The van der Waals surface area contributed by atoms with Crippen LogP contribution < -0.4 is 5.32 Å². The van der Waals surface area contributed by atoms with Gasteiger partial charge in [-0.1, -0.05) is 72.3 Å². The van der Waals surface area contributed by atoms with Crippen LogP contribution >= 0.6 is 11.6 Å². The maximum absolute atomic E-state index is 14.7. The number of aliphatic imine (C=N–C) groups is 1. The standard InChI is InChI=1S/C27H21ClFN5/c1-16-13-20(28)14-21(29)22(16)32-26-17(2)23-25(31-15-30-23)27(34-26)33-24(18-9-5-3-6-10-18)19-11-7-4-8-12-19/h3-15H,1-2H3,(H,30,31)(H,32,34). The van der Waals surface area contributed by atoms with Crippen LogP contribution in [-0.2, 0) is 0 Å². The molecule has 2 heterocycles. The third-order valence-corrected chi connectivity index (χ3v) is 5.82. The number of pyridine rings is 1. The molecule has 0 saturated heterocycles. The summed E-state index contributed by atoms with van der Waals surface area (Å²) >= 11 is 6.00. The number of nitrogens with one attached hydrogen (secondary N) is 2. The molecule has 5 rings (SSSR count). The quantitative estimate of drug-likeness (QED) is 0.266. The van der Waals surface area contributed by atoms with E-state index in [-0.39, 0.29) is 0 Å². The molecule has 0 bridgehead atoms. The van der Waals surface area contributed by atoms with Gasteiger partial charge < -0.3 is 10.3 Å². The Labute approximate surface area is 201 Å². The van der Waals surface area contributed by atoms with Crippen molar-refractivity contribution in [1.82, 2.24) is 15.0 Å². The highest BCUT2D eigenvalue weighted by atomic mass is 35.5.